The second-order valence-electron chi connectivity index (χ2n) is 8.27. The van der Waals surface area contributed by atoms with Gasteiger partial charge in [0.05, 0.1) is 12.9 Å². The Morgan fingerprint density at radius 1 is 0.971 bits per heavy atom. The first kappa shape index (κ1) is 23.0. The van der Waals surface area contributed by atoms with Crippen LogP contribution in [0.5, 0.6) is 11.5 Å². The fraction of sp³-hybridized carbons (Fsp3) is 0.222. The van der Waals surface area contributed by atoms with Gasteiger partial charge in [0.15, 0.2) is 11.0 Å². The summed E-state index contributed by atoms with van der Waals surface area (Å²) >= 11 is 1.39. The van der Waals surface area contributed by atoms with Crippen LogP contribution in [0.2, 0.25) is 0 Å². The average Bonchev–Trinajstić information content (AvgIpc) is 3.46. The first-order valence-electron chi connectivity index (χ1n) is 11.4. The molecule has 0 bridgehead atoms. The Morgan fingerprint density at radius 2 is 1.69 bits per heavy atom. The first-order chi connectivity index (χ1) is 17.1. The van der Waals surface area contributed by atoms with Crippen LogP contribution in [0, 0.1) is 0 Å². The molecule has 1 amide bonds. The van der Waals surface area contributed by atoms with Crippen molar-refractivity contribution < 1.29 is 14.3 Å². The highest BCUT2D eigenvalue weighted by Gasteiger charge is 2.30. The van der Waals surface area contributed by atoms with E-state index in [0.717, 1.165) is 23.5 Å². The lowest BCUT2D eigenvalue weighted by atomic mass is 10.1. The lowest BCUT2D eigenvalue weighted by molar-refractivity contribution is -0.116. The number of carbonyl (C=O) groups excluding carboxylic acids is 1. The minimum atomic E-state index is 0.0612. The summed E-state index contributed by atoms with van der Waals surface area (Å²) in [7, 11) is 1.63. The number of rotatable bonds is 8. The van der Waals surface area contributed by atoms with Crippen LogP contribution in [0.1, 0.15) is 18.3 Å². The molecule has 1 aliphatic heterocycles. The SMILES string of the molecule is COc1ccc(OCc2nnc(SCC(=O)N3c4ccccc4CC3C)n2-c2ccccc2)cc1. The molecule has 2 heterocycles. The Kier molecular flexibility index (Phi) is 6.72. The van der Waals surface area contributed by atoms with Gasteiger partial charge in [0.25, 0.3) is 0 Å². The number of fused-ring (bicyclic) bond motifs is 1. The maximum atomic E-state index is 13.2. The zero-order valence-electron chi connectivity index (χ0n) is 19.6. The van der Waals surface area contributed by atoms with E-state index in [2.05, 4.69) is 23.2 Å². The summed E-state index contributed by atoms with van der Waals surface area (Å²) in [5.41, 5.74) is 3.13. The van der Waals surface area contributed by atoms with Crippen molar-refractivity contribution in [2.75, 3.05) is 17.8 Å². The van der Waals surface area contributed by atoms with E-state index in [9.17, 15) is 4.79 Å². The lowest BCUT2D eigenvalue weighted by Gasteiger charge is -2.22. The summed E-state index contributed by atoms with van der Waals surface area (Å²) in [6.07, 6.45) is 0.875. The van der Waals surface area contributed by atoms with E-state index in [1.807, 2.05) is 82.3 Å². The number of nitrogens with zero attached hydrogens (tertiary/aromatic N) is 4. The van der Waals surface area contributed by atoms with Gasteiger partial charge in [0, 0.05) is 17.4 Å². The van der Waals surface area contributed by atoms with Gasteiger partial charge in [0.2, 0.25) is 5.91 Å². The number of ether oxygens (including phenoxy) is 2. The molecule has 8 heteroatoms. The van der Waals surface area contributed by atoms with Gasteiger partial charge in [-0.1, -0.05) is 48.2 Å². The van der Waals surface area contributed by atoms with Crippen molar-refractivity contribution in [2.45, 2.75) is 31.1 Å². The second-order valence-corrected chi connectivity index (χ2v) is 9.21. The number of hydrogen-bond acceptors (Lipinski definition) is 6. The molecule has 5 rings (SSSR count). The maximum Gasteiger partial charge on any atom is 0.237 e. The number of carbonyl (C=O) groups is 1. The van der Waals surface area contributed by atoms with Crippen LogP contribution in [0.15, 0.2) is 84.0 Å². The lowest BCUT2D eigenvalue weighted by Crippen LogP contribution is -2.37. The molecule has 1 atom stereocenters. The molecule has 7 nitrogen and oxygen atoms in total. The van der Waals surface area contributed by atoms with Gasteiger partial charge in [-0.25, -0.2) is 0 Å². The molecule has 0 aliphatic carbocycles. The van der Waals surface area contributed by atoms with Gasteiger partial charge in [-0.15, -0.1) is 10.2 Å². The van der Waals surface area contributed by atoms with E-state index < -0.39 is 0 Å². The number of methoxy groups -OCH3 is 1. The number of aromatic nitrogens is 3. The van der Waals surface area contributed by atoms with Crippen molar-refractivity contribution in [1.29, 1.82) is 0 Å². The molecule has 0 saturated carbocycles. The highest BCUT2D eigenvalue weighted by atomic mass is 32.2. The van der Waals surface area contributed by atoms with Crippen LogP contribution in [-0.4, -0.2) is 39.6 Å². The molecular weight excluding hydrogens is 460 g/mol. The third-order valence-electron chi connectivity index (χ3n) is 5.94. The summed E-state index contributed by atoms with van der Waals surface area (Å²) in [5.74, 6) is 2.46. The quantitative estimate of drug-likeness (QED) is 0.329. The maximum absolute atomic E-state index is 13.2. The van der Waals surface area contributed by atoms with E-state index in [4.69, 9.17) is 9.47 Å². The number of amides is 1. The Bertz CT molecular complexity index is 1310. The second kappa shape index (κ2) is 10.2. The van der Waals surface area contributed by atoms with Crippen LogP contribution in [0.25, 0.3) is 5.69 Å². The smallest absolute Gasteiger partial charge is 0.237 e. The van der Waals surface area contributed by atoms with Crippen molar-refractivity contribution in [3.8, 4) is 17.2 Å². The van der Waals surface area contributed by atoms with Crippen LogP contribution in [0.3, 0.4) is 0 Å². The minimum Gasteiger partial charge on any atom is -0.497 e. The number of benzene rings is 3. The molecule has 0 saturated heterocycles. The monoisotopic (exact) mass is 486 g/mol. The Balaban J connectivity index is 1.34. The van der Waals surface area contributed by atoms with Crippen molar-refractivity contribution in [3.05, 3.63) is 90.3 Å². The molecule has 35 heavy (non-hydrogen) atoms. The van der Waals surface area contributed by atoms with E-state index >= 15 is 0 Å². The summed E-state index contributed by atoms with van der Waals surface area (Å²) in [4.78, 5) is 15.1. The predicted octanol–water partition coefficient (Wildman–Crippen LogP) is 4.92. The Labute approximate surface area is 208 Å². The summed E-state index contributed by atoms with van der Waals surface area (Å²) in [6, 6.07) is 25.5. The van der Waals surface area contributed by atoms with Crippen molar-refractivity contribution in [1.82, 2.24) is 14.8 Å². The van der Waals surface area contributed by atoms with E-state index in [1.54, 1.807) is 7.11 Å². The summed E-state index contributed by atoms with van der Waals surface area (Å²) < 4.78 is 13.1. The molecule has 0 fully saturated rings. The van der Waals surface area contributed by atoms with Gasteiger partial charge in [0.1, 0.15) is 18.1 Å². The molecule has 3 aromatic carbocycles. The molecule has 1 unspecified atom stereocenters. The Hall–Kier alpha value is -3.78. The standard InChI is InChI=1S/C27H26N4O3S/c1-19-16-20-8-6-7-11-24(20)30(19)26(32)18-35-27-29-28-25(31(27)21-9-4-3-5-10-21)17-34-23-14-12-22(33-2)13-15-23/h3-15,19H,16-18H2,1-2H3. The summed E-state index contributed by atoms with van der Waals surface area (Å²) in [6.45, 7) is 2.32. The fourth-order valence-corrected chi connectivity index (χ4v) is 5.12. The van der Waals surface area contributed by atoms with Gasteiger partial charge in [-0.05, 0) is 61.4 Å². The highest BCUT2D eigenvalue weighted by Crippen LogP contribution is 2.33. The number of para-hydroxylation sites is 2. The summed E-state index contributed by atoms with van der Waals surface area (Å²) in [5, 5.41) is 9.44. The molecule has 0 radical (unpaired) electrons. The first-order valence-corrected chi connectivity index (χ1v) is 12.4. The third-order valence-corrected chi connectivity index (χ3v) is 6.86. The van der Waals surface area contributed by atoms with E-state index in [1.165, 1.54) is 17.3 Å². The van der Waals surface area contributed by atoms with Crippen molar-refractivity contribution >= 4 is 23.4 Å². The molecular formula is C27H26N4O3S. The van der Waals surface area contributed by atoms with Crippen molar-refractivity contribution in [2.24, 2.45) is 0 Å². The van der Waals surface area contributed by atoms with E-state index in [-0.39, 0.29) is 24.3 Å². The zero-order valence-corrected chi connectivity index (χ0v) is 20.4. The van der Waals surface area contributed by atoms with E-state index in [0.29, 0.717) is 16.7 Å². The van der Waals surface area contributed by atoms with Gasteiger partial charge in [-0.2, -0.15) is 0 Å². The number of thioether (sulfide) groups is 1. The molecule has 0 spiro atoms. The predicted molar refractivity (Wildman–Crippen MR) is 137 cm³/mol. The number of hydrogen-bond donors (Lipinski definition) is 0. The van der Waals surface area contributed by atoms with Crippen LogP contribution in [0.4, 0.5) is 5.69 Å². The van der Waals surface area contributed by atoms with Crippen LogP contribution in [-0.2, 0) is 17.8 Å². The average molecular weight is 487 g/mol. The fourth-order valence-electron chi connectivity index (χ4n) is 4.28. The topological polar surface area (TPSA) is 69.5 Å². The number of anilines is 1. The van der Waals surface area contributed by atoms with Crippen LogP contribution >= 0.6 is 11.8 Å². The molecule has 178 valence electrons. The largest absolute Gasteiger partial charge is 0.497 e. The molecule has 4 aromatic rings. The molecule has 1 aliphatic rings. The zero-order chi connectivity index (χ0) is 24.2. The highest BCUT2D eigenvalue weighted by molar-refractivity contribution is 7.99. The van der Waals surface area contributed by atoms with Gasteiger partial charge in [-0.3, -0.25) is 9.36 Å². The normalized spacial score (nSPS) is 14.6. The van der Waals surface area contributed by atoms with Gasteiger partial charge >= 0.3 is 0 Å². The third kappa shape index (κ3) is 4.88. The Morgan fingerprint density at radius 3 is 2.46 bits per heavy atom. The van der Waals surface area contributed by atoms with Crippen LogP contribution < -0.4 is 14.4 Å². The minimum absolute atomic E-state index is 0.0612. The van der Waals surface area contributed by atoms with Crippen molar-refractivity contribution in [3.63, 3.8) is 0 Å². The van der Waals surface area contributed by atoms with Gasteiger partial charge < -0.3 is 14.4 Å². The molecule has 1 aromatic heterocycles. The molecule has 0 N–H and O–H groups in total.